The maximum absolute atomic E-state index is 13.8. The van der Waals surface area contributed by atoms with Crippen molar-refractivity contribution in [1.29, 1.82) is 0 Å². The highest BCUT2D eigenvalue weighted by Gasteiger charge is 2.51. The van der Waals surface area contributed by atoms with Crippen molar-refractivity contribution in [2.75, 3.05) is 14.2 Å². The summed E-state index contributed by atoms with van der Waals surface area (Å²) in [5, 5.41) is 0.981. The highest BCUT2D eigenvalue weighted by atomic mass is 16.5. The zero-order chi connectivity index (χ0) is 26.6. The number of nitrogens with zero attached hydrogens (tertiary/aromatic N) is 4. The first-order valence-corrected chi connectivity index (χ1v) is 12.7. The number of rotatable bonds is 5. The van der Waals surface area contributed by atoms with E-state index in [1.165, 1.54) is 7.11 Å². The second kappa shape index (κ2) is 8.86. The van der Waals surface area contributed by atoms with Crippen LogP contribution in [0.5, 0.6) is 0 Å². The van der Waals surface area contributed by atoms with Crippen molar-refractivity contribution < 1.29 is 19.1 Å². The second-order valence-electron chi connectivity index (χ2n) is 10.2. The van der Waals surface area contributed by atoms with Gasteiger partial charge in [0.25, 0.3) is 11.8 Å². The number of para-hydroxylation sites is 1. The summed E-state index contributed by atoms with van der Waals surface area (Å²) in [6.07, 6.45) is 3.27. The van der Waals surface area contributed by atoms with E-state index in [4.69, 9.17) is 4.74 Å². The van der Waals surface area contributed by atoms with E-state index in [2.05, 4.69) is 9.97 Å². The van der Waals surface area contributed by atoms with Crippen molar-refractivity contribution in [2.45, 2.75) is 44.4 Å². The van der Waals surface area contributed by atoms with E-state index in [-0.39, 0.29) is 24.4 Å². The molecule has 1 fully saturated rings. The van der Waals surface area contributed by atoms with Crippen LogP contribution in [0.2, 0.25) is 0 Å². The summed E-state index contributed by atoms with van der Waals surface area (Å²) in [7, 11) is 3.14. The first kappa shape index (κ1) is 24.0. The van der Waals surface area contributed by atoms with Crippen molar-refractivity contribution in [3.8, 4) is 0 Å². The first-order chi connectivity index (χ1) is 18.3. The molecule has 1 aliphatic heterocycles. The first-order valence-electron chi connectivity index (χ1n) is 12.7. The van der Waals surface area contributed by atoms with Crippen molar-refractivity contribution in [1.82, 2.24) is 24.3 Å². The lowest BCUT2D eigenvalue weighted by atomic mass is 10.00. The topological polar surface area (TPSA) is 101 Å². The third kappa shape index (κ3) is 3.77. The lowest BCUT2D eigenvalue weighted by Gasteiger charge is -2.35. The van der Waals surface area contributed by atoms with Crippen LogP contribution >= 0.6 is 0 Å². The molecular formula is C29H29N5O4. The van der Waals surface area contributed by atoms with E-state index in [0.29, 0.717) is 23.5 Å². The zero-order valence-corrected chi connectivity index (χ0v) is 21.6. The third-order valence-corrected chi connectivity index (χ3v) is 7.97. The van der Waals surface area contributed by atoms with E-state index in [1.807, 2.05) is 54.0 Å². The smallest absolute Gasteiger partial charge is 0.337 e. The molecule has 0 saturated heterocycles. The molecule has 2 amide bonds. The van der Waals surface area contributed by atoms with Gasteiger partial charge in [0.1, 0.15) is 5.69 Å². The Morgan fingerprint density at radius 2 is 1.89 bits per heavy atom. The Morgan fingerprint density at radius 3 is 2.63 bits per heavy atom. The number of aromatic nitrogens is 3. The number of benzene rings is 2. The van der Waals surface area contributed by atoms with Gasteiger partial charge in [-0.15, -0.1) is 0 Å². The summed E-state index contributed by atoms with van der Waals surface area (Å²) in [5.74, 6) is -0.716. The molecule has 1 saturated carbocycles. The Balaban J connectivity index is 1.27. The normalized spacial score (nSPS) is 17.7. The number of ether oxygens (including phenoxy) is 1. The monoisotopic (exact) mass is 511 g/mol. The van der Waals surface area contributed by atoms with E-state index >= 15 is 0 Å². The maximum Gasteiger partial charge on any atom is 0.337 e. The summed E-state index contributed by atoms with van der Waals surface area (Å²) in [6, 6.07) is 16.9. The van der Waals surface area contributed by atoms with Gasteiger partial charge in [-0.2, -0.15) is 0 Å². The van der Waals surface area contributed by atoms with Crippen LogP contribution in [-0.4, -0.2) is 62.3 Å². The lowest BCUT2D eigenvalue weighted by Crippen LogP contribution is -2.45. The maximum atomic E-state index is 13.8. The van der Waals surface area contributed by atoms with Gasteiger partial charge in [-0.3, -0.25) is 9.59 Å². The molecule has 194 valence electrons. The standard InChI is InChI=1S/C29H29N5O4/c1-18-15-33-17-30-25(24(33)16-34(18)26(35)23-14-19-7-4-5-10-22(19)31-23)27(36)32(2)29(11-12-29)21-9-6-8-20(13-21)28(37)38-3/h4-10,13-14,17-18,31H,11-12,15-16H2,1-3H3. The predicted octanol–water partition coefficient (Wildman–Crippen LogP) is 3.96. The highest BCUT2D eigenvalue weighted by molar-refractivity contribution is 5.99. The van der Waals surface area contributed by atoms with Crippen LogP contribution in [0.15, 0.2) is 60.9 Å². The fourth-order valence-corrected chi connectivity index (χ4v) is 5.57. The van der Waals surface area contributed by atoms with Crippen LogP contribution in [0.4, 0.5) is 0 Å². The highest BCUT2D eigenvalue weighted by Crippen LogP contribution is 2.51. The molecule has 1 aliphatic carbocycles. The van der Waals surface area contributed by atoms with Gasteiger partial charge < -0.3 is 24.1 Å². The predicted molar refractivity (Wildman–Crippen MR) is 141 cm³/mol. The molecule has 2 aliphatic rings. The summed E-state index contributed by atoms with van der Waals surface area (Å²) in [6.45, 7) is 2.84. The molecule has 1 atom stereocenters. The number of carbonyl (C=O) groups excluding carboxylic acids is 3. The summed E-state index contributed by atoms with van der Waals surface area (Å²) in [4.78, 5) is 50.7. The zero-order valence-electron chi connectivity index (χ0n) is 21.6. The summed E-state index contributed by atoms with van der Waals surface area (Å²) < 4.78 is 6.84. The molecular weight excluding hydrogens is 482 g/mol. The van der Waals surface area contributed by atoms with Crippen LogP contribution in [0.1, 0.15) is 62.4 Å². The molecule has 3 heterocycles. The number of aromatic amines is 1. The number of methoxy groups -OCH3 is 1. The Labute approximate surface area is 220 Å². The van der Waals surface area contributed by atoms with Crippen LogP contribution < -0.4 is 0 Å². The van der Waals surface area contributed by atoms with Crippen LogP contribution in [0, 0.1) is 0 Å². The number of nitrogens with one attached hydrogen (secondary N) is 1. The molecule has 0 radical (unpaired) electrons. The molecule has 0 bridgehead atoms. The molecule has 9 nitrogen and oxygen atoms in total. The second-order valence-corrected chi connectivity index (χ2v) is 10.2. The molecule has 0 spiro atoms. The third-order valence-electron chi connectivity index (χ3n) is 7.97. The van der Waals surface area contributed by atoms with Gasteiger partial charge in [0, 0.05) is 30.5 Å². The van der Waals surface area contributed by atoms with Gasteiger partial charge in [0.05, 0.1) is 36.8 Å². The van der Waals surface area contributed by atoms with Gasteiger partial charge in [0.2, 0.25) is 0 Å². The summed E-state index contributed by atoms with van der Waals surface area (Å²) in [5.41, 5.74) is 3.37. The number of H-pyrrole nitrogens is 1. The quantitative estimate of drug-likeness (QED) is 0.409. The lowest BCUT2D eigenvalue weighted by molar-refractivity contribution is 0.0591. The summed E-state index contributed by atoms with van der Waals surface area (Å²) >= 11 is 0. The Bertz CT molecular complexity index is 1550. The average Bonchev–Trinajstić information content (AvgIpc) is 3.47. The van der Waals surface area contributed by atoms with Gasteiger partial charge in [-0.05, 0) is 49.6 Å². The minimum absolute atomic E-state index is 0.0628. The molecule has 2 aromatic carbocycles. The van der Waals surface area contributed by atoms with Gasteiger partial charge >= 0.3 is 5.97 Å². The number of imidazole rings is 1. The van der Waals surface area contributed by atoms with E-state index in [9.17, 15) is 14.4 Å². The van der Waals surface area contributed by atoms with Crippen LogP contribution in [-0.2, 0) is 23.4 Å². The van der Waals surface area contributed by atoms with E-state index in [0.717, 1.165) is 35.0 Å². The SMILES string of the molecule is COC(=O)c1cccc(C2(N(C)C(=O)c3ncn4c3CN(C(=O)c3cc5ccccc5[nH]3)C(C)C4)CC2)c1. The molecule has 38 heavy (non-hydrogen) atoms. The number of esters is 1. The fourth-order valence-electron chi connectivity index (χ4n) is 5.57. The Kier molecular flexibility index (Phi) is 5.59. The minimum Gasteiger partial charge on any atom is -0.465 e. The van der Waals surface area contributed by atoms with Crippen LogP contribution in [0.25, 0.3) is 10.9 Å². The number of carbonyl (C=O) groups is 3. The molecule has 1 N–H and O–H groups in total. The number of hydrogen-bond acceptors (Lipinski definition) is 5. The Morgan fingerprint density at radius 1 is 1.11 bits per heavy atom. The van der Waals surface area contributed by atoms with Crippen molar-refractivity contribution in [3.63, 3.8) is 0 Å². The fraction of sp³-hybridized carbons (Fsp3) is 0.310. The number of amides is 2. The molecule has 2 aromatic heterocycles. The molecule has 4 aromatic rings. The average molecular weight is 512 g/mol. The molecule has 1 unspecified atom stereocenters. The van der Waals surface area contributed by atoms with Crippen molar-refractivity contribution in [3.05, 3.63) is 89.1 Å². The van der Waals surface area contributed by atoms with E-state index < -0.39 is 11.5 Å². The minimum atomic E-state index is -0.501. The molecule has 9 heteroatoms. The van der Waals surface area contributed by atoms with Gasteiger partial charge in [-0.25, -0.2) is 9.78 Å². The number of hydrogen-bond donors (Lipinski definition) is 1. The van der Waals surface area contributed by atoms with E-state index in [1.54, 1.807) is 35.3 Å². The largest absolute Gasteiger partial charge is 0.465 e. The van der Waals surface area contributed by atoms with Crippen molar-refractivity contribution >= 4 is 28.7 Å². The Hall–Kier alpha value is -4.40. The van der Waals surface area contributed by atoms with Crippen LogP contribution in [0.3, 0.4) is 0 Å². The van der Waals surface area contributed by atoms with Gasteiger partial charge in [0.15, 0.2) is 5.69 Å². The van der Waals surface area contributed by atoms with Crippen molar-refractivity contribution in [2.24, 2.45) is 0 Å². The number of fused-ring (bicyclic) bond motifs is 2. The van der Waals surface area contributed by atoms with Gasteiger partial charge in [-0.1, -0.05) is 30.3 Å². The molecule has 6 rings (SSSR count).